The van der Waals surface area contributed by atoms with Crippen molar-refractivity contribution in [2.45, 2.75) is 31.6 Å². The van der Waals surface area contributed by atoms with Gasteiger partial charge in [0.1, 0.15) is 13.2 Å². The summed E-state index contributed by atoms with van der Waals surface area (Å²) in [6, 6.07) is 14.0. The smallest absolute Gasteiger partial charge is 0.296 e. The molecule has 0 aromatic heterocycles. The highest BCUT2D eigenvalue weighted by molar-refractivity contribution is 5.82. The maximum absolute atomic E-state index is 12.4. The fraction of sp³-hybridized carbons (Fsp3) is 0.409. The second kappa shape index (κ2) is 7.78. The van der Waals surface area contributed by atoms with Gasteiger partial charge in [-0.2, -0.15) is 0 Å². The normalized spacial score (nSPS) is 17.4. The Bertz CT molecular complexity index is 847. The Labute approximate surface area is 163 Å². The van der Waals surface area contributed by atoms with Crippen molar-refractivity contribution >= 4 is 11.5 Å². The molecule has 6 heteroatoms. The first-order chi connectivity index (χ1) is 13.5. The predicted octanol–water partition coefficient (Wildman–Crippen LogP) is 4.39. The van der Waals surface area contributed by atoms with Gasteiger partial charge in [0.25, 0.3) is 6.43 Å². The van der Waals surface area contributed by atoms with Crippen LogP contribution in [0.5, 0.6) is 11.5 Å². The fourth-order valence-corrected chi connectivity index (χ4v) is 3.73. The first-order valence-corrected chi connectivity index (χ1v) is 9.56. The fourth-order valence-electron chi connectivity index (χ4n) is 3.73. The molecular formula is C22H23F2NO3. The summed E-state index contributed by atoms with van der Waals surface area (Å²) in [6.45, 7) is 4.80. The van der Waals surface area contributed by atoms with Crippen molar-refractivity contribution in [2.75, 3.05) is 31.2 Å². The average Bonchev–Trinajstić information content (AvgIpc) is 2.67. The van der Waals surface area contributed by atoms with Crippen LogP contribution in [0.4, 0.5) is 14.5 Å². The number of anilines is 1. The lowest BCUT2D eigenvalue weighted by atomic mass is 9.88. The van der Waals surface area contributed by atoms with Gasteiger partial charge in [0, 0.05) is 37.2 Å². The molecule has 2 aromatic rings. The number of fused-ring (bicyclic) bond motifs is 1. The van der Waals surface area contributed by atoms with Gasteiger partial charge in [-0.05, 0) is 29.2 Å². The third-order valence-electron chi connectivity index (χ3n) is 5.50. The molecule has 2 aliphatic heterocycles. The largest absolute Gasteiger partial charge is 0.486 e. The van der Waals surface area contributed by atoms with E-state index in [1.807, 2.05) is 43.3 Å². The first kappa shape index (κ1) is 18.7. The van der Waals surface area contributed by atoms with E-state index in [2.05, 4.69) is 11.0 Å². The number of benzene rings is 2. The highest BCUT2D eigenvalue weighted by Crippen LogP contribution is 2.38. The van der Waals surface area contributed by atoms with Crippen LogP contribution < -0.4 is 14.4 Å². The van der Waals surface area contributed by atoms with Crippen LogP contribution in [-0.2, 0) is 4.79 Å². The minimum Gasteiger partial charge on any atom is -0.486 e. The van der Waals surface area contributed by atoms with Gasteiger partial charge in [-0.1, -0.05) is 31.2 Å². The second-order valence-electron chi connectivity index (χ2n) is 7.47. The van der Waals surface area contributed by atoms with E-state index in [1.54, 1.807) is 0 Å². The van der Waals surface area contributed by atoms with E-state index in [-0.39, 0.29) is 12.3 Å². The molecule has 0 aliphatic carbocycles. The third-order valence-corrected chi connectivity index (χ3v) is 5.50. The number of Topliss-reactive ketones (excluding diaryl/α,β-unsaturated/α-hetero) is 1. The Morgan fingerprint density at radius 3 is 2.43 bits per heavy atom. The molecule has 0 spiro atoms. The summed E-state index contributed by atoms with van der Waals surface area (Å²) in [5.74, 6) is 0.822. The van der Waals surface area contributed by atoms with Gasteiger partial charge >= 0.3 is 0 Å². The Morgan fingerprint density at radius 1 is 1.07 bits per heavy atom. The van der Waals surface area contributed by atoms with Crippen LogP contribution in [-0.4, -0.2) is 38.5 Å². The number of carbonyl (C=O) groups is 1. The average molecular weight is 387 g/mol. The van der Waals surface area contributed by atoms with Gasteiger partial charge in [0.05, 0.1) is 0 Å². The summed E-state index contributed by atoms with van der Waals surface area (Å²) >= 11 is 0. The molecule has 2 heterocycles. The van der Waals surface area contributed by atoms with Crippen molar-refractivity contribution < 1.29 is 23.0 Å². The molecule has 2 aromatic carbocycles. The number of carbonyl (C=O) groups excluding carboxylic acids is 1. The number of alkyl halides is 2. The predicted molar refractivity (Wildman–Crippen MR) is 103 cm³/mol. The zero-order valence-corrected chi connectivity index (χ0v) is 15.7. The van der Waals surface area contributed by atoms with E-state index in [1.165, 1.54) is 5.56 Å². The third kappa shape index (κ3) is 3.81. The molecule has 0 unspecified atom stereocenters. The first-order valence-electron chi connectivity index (χ1n) is 9.56. The topological polar surface area (TPSA) is 38.8 Å². The van der Waals surface area contributed by atoms with Crippen molar-refractivity contribution in [3.63, 3.8) is 0 Å². The maximum atomic E-state index is 12.4. The van der Waals surface area contributed by atoms with Crippen LogP contribution in [0.1, 0.15) is 36.3 Å². The van der Waals surface area contributed by atoms with Gasteiger partial charge in [-0.15, -0.1) is 0 Å². The molecular weight excluding hydrogens is 364 g/mol. The molecule has 0 saturated carbocycles. The van der Waals surface area contributed by atoms with Crippen LogP contribution in [0.25, 0.3) is 0 Å². The minimum atomic E-state index is -2.89. The van der Waals surface area contributed by atoms with Crippen molar-refractivity contribution in [1.29, 1.82) is 0 Å². The van der Waals surface area contributed by atoms with Gasteiger partial charge in [-0.25, -0.2) is 8.78 Å². The Balaban J connectivity index is 1.35. The molecule has 2 aliphatic rings. The summed E-state index contributed by atoms with van der Waals surface area (Å²) in [7, 11) is 0. The van der Waals surface area contributed by atoms with E-state index in [4.69, 9.17) is 9.47 Å². The van der Waals surface area contributed by atoms with Gasteiger partial charge in [0.15, 0.2) is 17.3 Å². The molecule has 0 radical (unpaired) electrons. The molecule has 1 fully saturated rings. The number of ketones is 1. The van der Waals surface area contributed by atoms with Gasteiger partial charge in [-0.3, -0.25) is 4.79 Å². The Hall–Kier alpha value is -2.63. The van der Waals surface area contributed by atoms with Gasteiger partial charge in [0.2, 0.25) is 0 Å². The molecule has 4 nitrogen and oxygen atoms in total. The van der Waals surface area contributed by atoms with Crippen LogP contribution in [0.2, 0.25) is 0 Å². The highest BCUT2D eigenvalue weighted by atomic mass is 19.3. The number of ether oxygens (including phenoxy) is 2. The van der Waals surface area contributed by atoms with E-state index < -0.39 is 12.2 Å². The summed E-state index contributed by atoms with van der Waals surface area (Å²) in [5, 5.41) is 0. The van der Waals surface area contributed by atoms with Crippen molar-refractivity contribution in [1.82, 2.24) is 0 Å². The van der Waals surface area contributed by atoms with Gasteiger partial charge < -0.3 is 14.4 Å². The number of rotatable bonds is 6. The highest BCUT2D eigenvalue weighted by Gasteiger charge is 2.29. The molecule has 1 atom stereocenters. The van der Waals surface area contributed by atoms with Crippen molar-refractivity contribution in [3.8, 4) is 11.5 Å². The zero-order valence-electron chi connectivity index (χ0n) is 15.7. The monoisotopic (exact) mass is 387 g/mol. The Morgan fingerprint density at radius 2 is 1.75 bits per heavy atom. The van der Waals surface area contributed by atoms with E-state index in [9.17, 15) is 13.6 Å². The lowest BCUT2D eigenvalue weighted by Gasteiger charge is -2.41. The van der Waals surface area contributed by atoms with Crippen molar-refractivity contribution in [2.24, 2.45) is 0 Å². The standard InChI is InChI=1S/C22H23F2NO3/c1-14(10-19(26)22(23)24)15-2-4-16(5-3-15)17-12-25(13-17)18-6-7-20-21(11-18)28-9-8-27-20/h2-7,11,14,17,22H,8-10,12-13H2,1H3/t14-/m1/s1. The molecule has 148 valence electrons. The van der Waals surface area contributed by atoms with Crippen LogP contribution >= 0.6 is 0 Å². The quantitative estimate of drug-likeness (QED) is 0.737. The number of hydrogen-bond acceptors (Lipinski definition) is 4. The summed E-state index contributed by atoms with van der Waals surface area (Å²) in [6.07, 6.45) is -3.01. The molecule has 0 amide bonds. The summed E-state index contributed by atoms with van der Waals surface area (Å²) in [5.41, 5.74) is 3.27. The second-order valence-corrected chi connectivity index (χ2v) is 7.47. The summed E-state index contributed by atoms with van der Waals surface area (Å²) < 4.78 is 36.1. The molecule has 28 heavy (non-hydrogen) atoms. The van der Waals surface area contributed by atoms with Crippen LogP contribution in [0.15, 0.2) is 42.5 Å². The molecule has 0 bridgehead atoms. The van der Waals surface area contributed by atoms with E-state index in [0.29, 0.717) is 19.1 Å². The number of halogens is 2. The Kier molecular flexibility index (Phi) is 5.20. The van der Waals surface area contributed by atoms with Crippen LogP contribution in [0, 0.1) is 0 Å². The lowest BCUT2D eigenvalue weighted by molar-refractivity contribution is -0.129. The van der Waals surface area contributed by atoms with E-state index >= 15 is 0 Å². The zero-order chi connectivity index (χ0) is 19.7. The van der Waals surface area contributed by atoms with E-state index in [0.717, 1.165) is 35.8 Å². The van der Waals surface area contributed by atoms with Crippen molar-refractivity contribution in [3.05, 3.63) is 53.6 Å². The molecule has 4 rings (SSSR count). The SMILES string of the molecule is C[C@H](CC(=O)C(F)F)c1ccc(C2CN(c3ccc4c(c3)OCCO4)C2)cc1. The lowest BCUT2D eigenvalue weighted by Crippen LogP contribution is -2.45. The number of hydrogen-bond donors (Lipinski definition) is 0. The minimum absolute atomic E-state index is 0.127. The molecule has 1 saturated heterocycles. The summed E-state index contributed by atoms with van der Waals surface area (Å²) in [4.78, 5) is 13.5. The maximum Gasteiger partial charge on any atom is 0.296 e. The van der Waals surface area contributed by atoms with Crippen LogP contribution in [0.3, 0.4) is 0 Å². The molecule has 0 N–H and O–H groups in total. The number of nitrogens with zero attached hydrogens (tertiary/aromatic N) is 1.